The van der Waals surface area contributed by atoms with Gasteiger partial charge in [0.05, 0.1) is 10.4 Å². The number of nitrogens with zero attached hydrogens (tertiary/aromatic N) is 2. The first-order valence-electron chi connectivity index (χ1n) is 7.19. The van der Waals surface area contributed by atoms with Gasteiger partial charge in [-0.3, -0.25) is 0 Å². The molecule has 0 radical (unpaired) electrons. The maximum atomic E-state index is 13.4. The molecule has 0 aliphatic heterocycles. The highest BCUT2D eigenvalue weighted by Crippen LogP contribution is 2.20. The molecule has 6 nitrogen and oxygen atoms in total. The molecule has 3 N–H and O–H groups in total. The van der Waals surface area contributed by atoms with E-state index in [2.05, 4.69) is 15.3 Å². The van der Waals surface area contributed by atoms with Crippen LogP contribution < -0.4 is 10.5 Å². The summed E-state index contributed by atoms with van der Waals surface area (Å²) in [6.07, 6.45) is 2.06. The molecule has 3 aromatic rings. The molecule has 0 aliphatic carbocycles. The number of aromatic nitrogens is 2. The van der Waals surface area contributed by atoms with Crippen molar-refractivity contribution in [1.29, 1.82) is 0 Å². The number of sulfonamides is 1. The second-order valence-electron chi connectivity index (χ2n) is 5.25. The second-order valence-corrected chi connectivity index (χ2v) is 6.81. The maximum Gasteiger partial charge on any atom is 0.238 e. The molecule has 0 saturated carbocycles. The Morgan fingerprint density at radius 3 is 2.54 bits per heavy atom. The van der Waals surface area contributed by atoms with Crippen LogP contribution in [0, 0.1) is 5.82 Å². The molecular formula is C16H15FN4O2S. The zero-order valence-corrected chi connectivity index (χ0v) is 13.4. The van der Waals surface area contributed by atoms with Crippen molar-refractivity contribution in [1.82, 2.24) is 9.97 Å². The number of fused-ring (bicyclic) bond motifs is 1. The van der Waals surface area contributed by atoms with Crippen molar-refractivity contribution in [2.75, 3.05) is 11.9 Å². The van der Waals surface area contributed by atoms with Gasteiger partial charge in [0.15, 0.2) is 0 Å². The summed E-state index contributed by atoms with van der Waals surface area (Å²) in [4.78, 5) is 8.32. The van der Waals surface area contributed by atoms with E-state index in [-0.39, 0.29) is 10.7 Å². The topological polar surface area (TPSA) is 98.0 Å². The van der Waals surface area contributed by atoms with Crippen LogP contribution in [0.5, 0.6) is 0 Å². The fourth-order valence-corrected chi connectivity index (χ4v) is 2.86. The van der Waals surface area contributed by atoms with E-state index >= 15 is 0 Å². The van der Waals surface area contributed by atoms with Gasteiger partial charge in [0.25, 0.3) is 0 Å². The first kappa shape index (κ1) is 16.3. The number of hydrogen-bond acceptors (Lipinski definition) is 5. The van der Waals surface area contributed by atoms with Gasteiger partial charge in [-0.15, -0.1) is 0 Å². The second kappa shape index (κ2) is 6.50. The Balaban J connectivity index is 1.70. The van der Waals surface area contributed by atoms with Crippen molar-refractivity contribution < 1.29 is 12.8 Å². The molecule has 24 heavy (non-hydrogen) atoms. The minimum absolute atomic E-state index is 0.0801. The highest BCUT2D eigenvalue weighted by molar-refractivity contribution is 7.89. The van der Waals surface area contributed by atoms with E-state index in [4.69, 9.17) is 5.14 Å². The van der Waals surface area contributed by atoms with Gasteiger partial charge in [-0.05, 0) is 42.3 Å². The lowest BCUT2D eigenvalue weighted by atomic mass is 10.1. The lowest BCUT2D eigenvalue weighted by molar-refractivity contribution is 0.597. The van der Waals surface area contributed by atoms with E-state index < -0.39 is 10.0 Å². The molecule has 0 spiro atoms. The predicted octanol–water partition coefficient (Wildman–Crippen LogP) is 2.07. The molecule has 8 heteroatoms. The van der Waals surface area contributed by atoms with Crippen LogP contribution in [0.2, 0.25) is 0 Å². The van der Waals surface area contributed by atoms with Gasteiger partial charge in [0.2, 0.25) is 10.0 Å². The SMILES string of the molecule is NS(=O)(=O)c1ccc(CCNc2ncnc3ccc(F)cc23)cc1. The monoisotopic (exact) mass is 346 g/mol. The molecule has 0 atom stereocenters. The number of rotatable bonds is 5. The van der Waals surface area contributed by atoms with Crippen molar-refractivity contribution in [2.45, 2.75) is 11.3 Å². The quantitative estimate of drug-likeness (QED) is 0.737. The smallest absolute Gasteiger partial charge is 0.238 e. The maximum absolute atomic E-state index is 13.4. The van der Waals surface area contributed by atoms with Gasteiger partial charge in [0, 0.05) is 11.9 Å². The number of nitrogens with two attached hydrogens (primary N) is 1. The third kappa shape index (κ3) is 3.66. The third-order valence-electron chi connectivity index (χ3n) is 3.56. The molecule has 1 aromatic heterocycles. The summed E-state index contributed by atoms with van der Waals surface area (Å²) >= 11 is 0. The highest BCUT2D eigenvalue weighted by atomic mass is 32.2. The van der Waals surface area contributed by atoms with Crippen molar-refractivity contribution in [3.8, 4) is 0 Å². The molecule has 0 unspecified atom stereocenters. The molecule has 124 valence electrons. The molecule has 0 bridgehead atoms. The molecule has 1 heterocycles. The summed E-state index contributed by atoms with van der Waals surface area (Å²) in [7, 11) is -3.68. The van der Waals surface area contributed by atoms with E-state index in [0.29, 0.717) is 29.7 Å². The minimum Gasteiger partial charge on any atom is -0.369 e. The van der Waals surface area contributed by atoms with E-state index in [1.165, 1.54) is 30.6 Å². The molecule has 0 aliphatic rings. The Hall–Kier alpha value is -2.58. The van der Waals surface area contributed by atoms with Gasteiger partial charge in [-0.1, -0.05) is 12.1 Å². The number of halogens is 1. The van der Waals surface area contributed by atoms with E-state index in [1.807, 2.05) is 0 Å². The number of nitrogens with one attached hydrogen (secondary N) is 1. The largest absolute Gasteiger partial charge is 0.369 e. The number of primary sulfonamides is 1. The standard InChI is InChI=1S/C16H15FN4O2S/c17-12-3-6-15-14(9-12)16(21-10-20-15)19-8-7-11-1-4-13(5-2-11)24(18,22)23/h1-6,9-10H,7-8H2,(H2,18,22,23)(H,19,20,21). The molecule has 0 fully saturated rings. The summed E-state index contributed by atoms with van der Waals surface area (Å²) in [5.41, 5.74) is 1.60. The molecule has 0 amide bonds. The fraction of sp³-hybridized carbons (Fsp3) is 0.125. The first-order valence-corrected chi connectivity index (χ1v) is 8.74. The zero-order chi connectivity index (χ0) is 17.2. The van der Waals surface area contributed by atoms with Gasteiger partial charge < -0.3 is 5.32 Å². The average Bonchev–Trinajstić information content (AvgIpc) is 2.55. The number of anilines is 1. The van der Waals surface area contributed by atoms with E-state index in [1.54, 1.807) is 18.2 Å². The van der Waals surface area contributed by atoms with Crippen molar-refractivity contribution in [2.24, 2.45) is 5.14 Å². The van der Waals surface area contributed by atoms with Crippen LogP contribution in [0.3, 0.4) is 0 Å². The van der Waals surface area contributed by atoms with Crippen LogP contribution in [-0.2, 0) is 16.4 Å². The summed E-state index contributed by atoms with van der Waals surface area (Å²) in [5.74, 6) is 0.208. The molecule has 0 saturated heterocycles. The van der Waals surface area contributed by atoms with Gasteiger partial charge >= 0.3 is 0 Å². The number of benzene rings is 2. The third-order valence-corrected chi connectivity index (χ3v) is 4.48. The van der Waals surface area contributed by atoms with Crippen LogP contribution in [0.25, 0.3) is 10.9 Å². The summed E-state index contributed by atoms with van der Waals surface area (Å²) < 4.78 is 35.8. The Kier molecular flexibility index (Phi) is 4.41. The Morgan fingerprint density at radius 1 is 1.08 bits per heavy atom. The lowest BCUT2D eigenvalue weighted by Gasteiger charge is -2.08. The lowest BCUT2D eigenvalue weighted by Crippen LogP contribution is -2.12. The molecule has 2 aromatic carbocycles. The zero-order valence-electron chi connectivity index (χ0n) is 12.6. The van der Waals surface area contributed by atoms with Gasteiger partial charge in [-0.25, -0.2) is 27.9 Å². The highest BCUT2D eigenvalue weighted by Gasteiger charge is 2.07. The van der Waals surface area contributed by atoms with Crippen molar-refractivity contribution in [3.63, 3.8) is 0 Å². The summed E-state index contributed by atoms with van der Waals surface area (Å²) in [6.45, 7) is 0.553. The van der Waals surface area contributed by atoms with Crippen LogP contribution in [0.4, 0.5) is 10.2 Å². The Morgan fingerprint density at radius 2 is 1.83 bits per heavy atom. The Labute approximate surface area is 138 Å². The average molecular weight is 346 g/mol. The summed E-state index contributed by atoms with van der Waals surface area (Å²) in [6, 6.07) is 10.7. The molecule has 3 rings (SSSR count). The van der Waals surface area contributed by atoms with Crippen LogP contribution in [0.15, 0.2) is 53.7 Å². The molecular weight excluding hydrogens is 331 g/mol. The van der Waals surface area contributed by atoms with E-state index in [9.17, 15) is 12.8 Å². The number of hydrogen-bond donors (Lipinski definition) is 2. The summed E-state index contributed by atoms with van der Waals surface area (Å²) in [5, 5.41) is 8.82. The van der Waals surface area contributed by atoms with Gasteiger partial charge in [-0.2, -0.15) is 0 Å². The fourth-order valence-electron chi connectivity index (χ4n) is 2.34. The first-order chi connectivity index (χ1) is 11.4. The van der Waals surface area contributed by atoms with Crippen LogP contribution in [0.1, 0.15) is 5.56 Å². The van der Waals surface area contributed by atoms with Crippen molar-refractivity contribution in [3.05, 3.63) is 60.2 Å². The predicted molar refractivity (Wildman–Crippen MR) is 89.5 cm³/mol. The Bertz CT molecular complexity index is 975. The normalized spacial score (nSPS) is 11.6. The van der Waals surface area contributed by atoms with Crippen LogP contribution in [-0.4, -0.2) is 24.9 Å². The van der Waals surface area contributed by atoms with Crippen LogP contribution >= 0.6 is 0 Å². The minimum atomic E-state index is -3.68. The van der Waals surface area contributed by atoms with Crippen molar-refractivity contribution >= 4 is 26.7 Å². The van der Waals surface area contributed by atoms with Gasteiger partial charge in [0.1, 0.15) is 18.0 Å². The van der Waals surface area contributed by atoms with E-state index in [0.717, 1.165) is 5.56 Å².